The Hall–Kier alpha value is -0.450. The first-order valence-corrected chi connectivity index (χ1v) is 4.21. The van der Waals surface area contributed by atoms with Crippen molar-refractivity contribution in [3.8, 4) is 0 Å². The van der Waals surface area contributed by atoms with Crippen molar-refractivity contribution in [3.63, 3.8) is 0 Å². The molecule has 0 heterocycles. The summed E-state index contributed by atoms with van der Waals surface area (Å²) in [6.45, 7) is 4.10. The van der Waals surface area contributed by atoms with E-state index in [1.807, 2.05) is 13.8 Å². The van der Waals surface area contributed by atoms with Crippen LogP contribution in [0.1, 0.15) is 20.3 Å². The first-order chi connectivity index (χ1) is 5.49. The topological polar surface area (TPSA) is 96.1 Å². The van der Waals surface area contributed by atoms with Gasteiger partial charge in [0.05, 0.1) is 6.10 Å². The Balaban J connectivity index is 3.86. The average molecular weight is 173 g/mol. The van der Waals surface area contributed by atoms with Crippen molar-refractivity contribution in [2.75, 3.05) is 6.54 Å². The summed E-state index contributed by atoms with van der Waals surface area (Å²) in [6, 6.07) is -0.209. The third-order valence-corrected chi connectivity index (χ3v) is 1.81. The SMILES string of the molecule is CC(C)C(=N)[C@@H](O)CC(N)CN. The van der Waals surface area contributed by atoms with E-state index in [2.05, 4.69) is 0 Å². The molecular weight excluding hydrogens is 154 g/mol. The zero-order valence-corrected chi connectivity index (χ0v) is 7.75. The van der Waals surface area contributed by atoms with E-state index in [1.54, 1.807) is 0 Å². The Labute approximate surface area is 73.5 Å². The zero-order valence-electron chi connectivity index (χ0n) is 7.75. The fourth-order valence-electron chi connectivity index (χ4n) is 0.895. The number of nitrogens with one attached hydrogen (secondary N) is 1. The van der Waals surface area contributed by atoms with Crippen LogP contribution in [0.2, 0.25) is 0 Å². The molecule has 4 nitrogen and oxygen atoms in total. The highest BCUT2D eigenvalue weighted by Gasteiger charge is 2.16. The lowest BCUT2D eigenvalue weighted by Crippen LogP contribution is -2.37. The molecule has 0 aromatic heterocycles. The van der Waals surface area contributed by atoms with E-state index in [0.717, 1.165) is 0 Å². The van der Waals surface area contributed by atoms with Crippen molar-refractivity contribution in [3.05, 3.63) is 0 Å². The van der Waals surface area contributed by atoms with Gasteiger partial charge in [-0.2, -0.15) is 0 Å². The predicted octanol–water partition coefficient (Wildman–Crippen LogP) is -0.301. The average Bonchev–Trinajstić information content (AvgIpc) is 2.02. The summed E-state index contributed by atoms with van der Waals surface area (Å²) in [4.78, 5) is 0. The van der Waals surface area contributed by atoms with Gasteiger partial charge in [0, 0.05) is 18.3 Å². The lowest BCUT2D eigenvalue weighted by molar-refractivity contribution is 0.215. The summed E-state index contributed by atoms with van der Waals surface area (Å²) in [6.07, 6.45) is -0.350. The molecule has 12 heavy (non-hydrogen) atoms. The molecule has 0 saturated heterocycles. The standard InChI is InChI=1S/C8H19N3O/c1-5(2)8(11)7(12)3-6(10)4-9/h5-7,11-12H,3-4,9-10H2,1-2H3/t6?,7-/m0/s1. The third kappa shape index (κ3) is 3.80. The highest BCUT2D eigenvalue weighted by Crippen LogP contribution is 2.04. The zero-order chi connectivity index (χ0) is 9.72. The van der Waals surface area contributed by atoms with Gasteiger partial charge in [-0.1, -0.05) is 13.8 Å². The summed E-state index contributed by atoms with van der Waals surface area (Å²) in [5.74, 6) is 0.0741. The molecule has 6 N–H and O–H groups in total. The largest absolute Gasteiger partial charge is 0.387 e. The molecule has 0 bridgehead atoms. The summed E-state index contributed by atoms with van der Waals surface area (Å²) in [7, 11) is 0. The van der Waals surface area contributed by atoms with Crippen LogP contribution in [-0.4, -0.2) is 29.5 Å². The molecule has 0 aliphatic carbocycles. The van der Waals surface area contributed by atoms with Gasteiger partial charge in [0.1, 0.15) is 0 Å². The Morgan fingerprint density at radius 1 is 1.50 bits per heavy atom. The van der Waals surface area contributed by atoms with Gasteiger partial charge in [0.25, 0.3) is 0 Å². The molecular formula is C8H19N3O. The number of hydrogen-bond acceptors (Lipinski definition) is 4. The Kier molecular flexibility index (Phi) is 5.04. The van der Waals surface area contributed by atoms with Crippen molar-refractivity contribution < 1.29 is 5.11 Å². The molecule has 0 saturated carbocycles. The quantitative estimate of drug-likeness (QED) is 0.430. The number of rotatable bonds is 5. The Morgan fingerprint density at radius 3 is 2.33 bits per heavy atom. The maximum atomic E-state index is 9.43. The highest BCUT2D eigenvalue weighted by molar-refractivity contribution is 5.87. The molecule has 0 radical (unpaired) electrons. The lowest BCUT2D eigenvalue weighted by Gasteiger charge is -2.17. The second-order valence-corrected chi connectivity index (χ2v) is 3.36. The van der Waals surface area contributed by atoms with Gasteiger partial charge in [-0.3, -0.25) is 0 Å². The molecule has 0 fully saturated rings. The van der Waals surface area contributed by atoms with Gasteiger partial charge in [-0.15, -0.1) is 0 Å². The summed E-state index contributed by atoms with van der Waals surface area (Å²) >= 11 is 0. The van der Waals surface area contributed by atoms with Crippen LogP contribution in [0.5, 0.6) is 0 Å². The van der Waals surface area contributed by atoms with Crippen LogP contribution < -0.4 is 11.5 Å². The first kappa shape index (κ1) is 11.6. The van der Waals surface area contributed by atoms with Crippen molar-refractivity contribution in [2.24, 2.45) is 17.4 Å². The van der Waals surface area contributed by atoms with Crippen LogP contribution in [0.4, 0.5) is 0 Å². The molecule has 2 atom stereocenters. The maximum absolute atomic E-state index is 9.43. The van der Waals surface area contributed by atoms with Crippen LogP contribution in [0, 0.1) is 11.3 Å². The maximum Gasteiger partial charge on any atom is 0.0931 e. The van der Waals surface area contributed by atoms with Crippen LogP contribution in [0.15, 0.2) is 0 Å². The summed E-state index contributed by atoms with van der Waals surface area (Å²) in [5, 5.41) is 16.9. The lowest BCUT2D eigenvalue weighted by atomic mass is 9.98. The van der Waals surface area contributed by atoms with Crippen molar-refractivity contribution >= 4 is 5.71 Å². The smallest absolute Gasteiger partial charge is 0.0931 e. The van der Waals surface area contributed by atoms with Crippen molar-refractivity contribution in [2.45, 2.75) is 32.4 Å². The minimum atomic E-state index is -0.733. The van der Waals surface area contributed by atoms with Gasteiger partial charge in [0.2, 0.25) is 0 Å². The molecule has 4 heteroatoms. The van der Waals surface area contributed by atoms with Gasteiger partial charge in [-0.25, -0.2) is 0 Å². The van der Waals surface area contributed by atoms with Crippen molar-refractivity contribution in [1.82, 2.24) is 0 Å². The molecule has 0 aliphatic heterocycles. The van der Waals surface area contributed by atoms with Crippen LogP contribution in [0.3, 0.4) is 0 Å². The predicted molar refractivity (Wildman–Crippen MR) is 50.2 cm³/mol. The molecule has 0 amide bonds. The van der Waals surface area contributed by atoms with Crippen LogP contribution in [0.25, 0.3) is 0 Å². The minimum absolute atomic E-state index is 0.0741. The second kappa shape index (κ2) is 5.24. The molecule has 1 unspecified atom stereocenters. The summed E-state index contributed by atoms with van der Waals surface area (Å²) < 4.78 is 0. The van der Waals surface area contributed by atoms with E-state index < -0.39 is 6.10 Å². The number of aliphatic hydroxyl groups is 1. The monoisotopic (exact) mass is 173 g/mol. The molecule has 0 rings (SSSR count). The van der Waals surface area contributed by atoms with E-state index in [0.29, 0.717) is 18.7 Å². The molecule has 0 aromatic rings. The Morgan fingerprint density at radius 2 is 2.00 bits per heavy atom. The van der Waals surface area contributed by atoms with E-state index in [-0.39, 0.29) is 12.0 Å². The Bertz CT molecular complexity index is 147. The van der Waals surface area contributed by atoms with Crippen LogP contribution >= 0.6 is 0 Å². The van der Waals surface area contributed by atoms with Crippen LogP contribution in [-0.2, 0) is 0 Å². The van der Waals surface area contributed by atoms with Gasteiger partial charge in [-0.05, 0) is 12.3 Å². The van der Waals surface area contributed by atoms with E-state index in [1.165, 1.54) is 0 Å². The number of nitrogens with two attached hydrogens (primary N) is 2. The highest BCUT2D eigenvalue weighted by atomic mass is 16.3. The normalized spacial score (nSPS) is 16.2. The second-order valence-electron chi connectivity index (χ2n) is 3.36. The van der Waals surface area contributed by atoms with Gasteiger partial charge < -0.3 is 22.0 Å². The first-order valence-electron chi connectivity index (χ1n) is 4.21. The fraction of sp³-hybridized carbons (Fsp3) is 0.875. The molecule has 0 aromatic carbocycles. The fourth-order valence-corrected chi connectivity index (χ4v) is 0.895. The number of hydrogen-bond donors (Lipinski definition) is 4. The molecule has 72 valence electrons. The van der Waals surface area contributed by atoms with Gasteiger partial charge in [0.15, 0.2) is 0 Å². The summed E-state index contributed by atoms with van der Waals surface area (Å²) in [5.41, 5.74) is 11.2. The van der Waals surface area contributed by atoms with Crippen molar-refractivity contribution in [1.29, 1.82) is 5.41 Å². The van der Waals surface area contributed by atoms with E-state index in [4.69, 9.17) is 16.9 Å². The molecule has 0 aliphatic rings. The minimum Gasteiger partial charge on any atom is -0.387 e. The van der Waals surface area contributed by atoms with Gasteiger partial charge >= 0.3 is 0 Å². The third-order valence-electron chi connectivity index (χ3n) is 1.81. The van der Waals surface area contributed by atoms with E-state index >= 15 is 0 Å². The molecule has 0 spiro atoms. The number of aliphatic hydroxyl groups excluding tert-OH is 1. The van der Waals surface area contributed by atoms with E-state index in [9.17, 15) is 5.11 Å².